The molecule has 6 nitrogen and oxygen atoms in total. The van der Waals surface area contributed by atoms with E-state index in [1.165, 1.54) is 0 Å². The van der Waals surface area contributed by atoms with E-state index in [-0.39, 0.29) is 5.91 Å². The first-order valence-corrected chi connectivity index (χ1v) is 7.41. The highest BCUT2D eigenvalue weighted by Crippen LogP contribution is 2.10. The Morgan fingerprint density at radius 2 is 1.86 bits per heavy atom. The summed E-state index contributed by atoms with van der Waals surface area (Å²) in [6.45, 7) is 8.89. The third-order valence-electron chi connectivity index (χ3n) is 2.58. The van der Waals surface area contributed by atoms with Gasteiger partial charge in [0.2, 0.25) is 0 Å². The predicted molar refractivity (Wildman–Crippen MR) is 87.2 cm³/mol. The van der Waals surface area contributed by atoms with Gasteiger partial charge in [-0.2, -0.15) is 0 Å². The van der Waals surface area contributed by atoms with Gasteiger partial charge in [0, 0.05) is 30.9 Å². The van der Waals surface area contributed by atoms with E-state index in [2.05, 4.69) is 16.0 Å². The molecule has 0 bridgehead atoms. The molecular weight excluding hydrogens is 282 g/mol. The van der Waals surface area contributed by atoms with Gasteiger partial charge in [-0.05, 0) is 45.9 Å². The lowest BCUT2D eigenvalue weighted by Gasteiger charge is -2.19. The molecule has 0 saturated heterocycles. The summed E-state index contributed by atoms with van der Waals surface area (Å²) in [5.74, 6) is -0.0990. The maximum Gasteiger partial charge on any atom is 0.407 e. The van der Waals surface area contributed by atoms with Crippen LogP contribution in [0.25, 0.3) is 0 Å². The molecule has 0 saturated carbocycles. The highest BCUT2D eigenvalue weighted by atomic mass is 16.6. The monoisotopic (exact) mass is 307 g/mol. The van der Waals surface area contributed by atoms with Crippen molar-refractivity contribution in [2.45, 2.75) is 33.3 Å². The quantitative estimate of drug-likeness (QED) is 0.705. The smallest absolute Gasteiger partial charge is 0.407 e. The molecule has 0 aliphatic carbocycles. The van der Waals surface area contributed by atoms with Crippen molar-refractivity contribution in [2.24, 2.45) is 0 Å². The highest BCUT2D eigenvalue weighted by molar-refractivity contribution is 5.95. The molecule has 3 N–H and O–H groups in total. The van der Waals surface area contributed by atoms with E-state index in [4.69, 9.17) is 4.74 Å². The zero-order chi connectivity index (χ0) is 16.6. The van der Waals surface area contributed by atoms with Crippen molar-refractivity contribution in [3.63, 3.8) is 0 Å². The maximum absolute atomic E-state index is 11.7. The molecule has 6 heteroatoms. The van der Waals surface area contributed by atoms with Gasteiger partial charge in [-0.3, -0.25) is 4.79 Å². The van der Waals surface area contributed by atoms with Crippen LogP contribution in [0, 0.1) is 0 Å². The topological polar surface area (TPSA) is 79.5 Å². The number of hydrogen-bond acceptors (Lipinski definition) is 4. The number of hydrogen-bond donors (Lipinski definition) is 3. The van der Waals surface area contributed by atoms with Crippen LogP contribution >= 0.6 is 0 Å². The molecule has 0 aromatic heterocycles. The SMILES string of the molecule is CCNC(=O)c1cccc(NCCNC(=O)OC(C)(C)C)c1. The molecule has 22 heavy (non-hydrogen) atoms. The van der Waals surface area contributed by atoms with E-state index in [9.17, 15) is 9.59 Å². The average Bonchev–Trinajstić information content (AvgIpc) is 2.42. The molecule has 0 radical (unpaired) electrons. The molecule has 1 aromatic carbocycles. The lowest BCUT2D eigenvalue weighted by molar-refractivity contribution is 0.0530. The molecule has 2 amide bonds. The van der Waals surface area contributed by atoms with E-state index < -0.39 is 11.7 Å². The average molecular weight is 307 g/mol. The summed E-state index contributed by atoms with van der Waals surface area (Å²) in [4.78, 5) is 23.2. The number of anilines is 1. The van der Waals surface area contributed by atoms with Gasteiger partial charge in [0.1, 0.15) is 5.60 Å². The summed E-state index contributed by atoms with van der Waals surface area (Å²) in [6.07, 6.45) is -0.439. The van der Waals surface area contributed by atoms with Gasteiger partial charge in [0.15, 0.2) is 0 Å². The molecule has 0 aliphatic rings. The van der Waals surface area contributed by atoms with Crippen LogP contribution in [0.4, 0.5) is 10.5 Å². The Kier molecular flexibility index (Phi) is 6.69. The molecule has 0 aliphatic heterocycles. The van der Waals surface area contributed by atoms with Gasteiger partial charge < -0.3 is 20.7 Å². The fourth-order valence-electron chi connectivity index (χ4n) is 1.72. The second kappa shape index (κ2) is 8.26. The van der Waals surface area contributed by atoms with Gasteiger partial charge in [0.05, 0.1) is 0 Å². The third kappa shape index (κ3) is 6.97. The fraction of sp³-hybridized carbons (Fsp3) is 0.500. The minimum absolute atomic E-state index is 0.0990. The molecule has 1 rings (SSSR count). The minimum atomic E-state index is -0.502. The summed E-state index contributed by atoms with van der Waals surface area (Å²) >= 11 is 0. The van der Waals surface area contributed by atoms with Crippen LogP contribution in [0.3, 0.4) is 0 Å². The zero-order valence-corrected chi connectivity index (χ0v) is 13.7. The third-order valence-corrected chi connectivity index (χ3v) is 2.58. The highest BCUT2D eigenvalue weighted by Gasteiger charge is 2.15. The van der Waals surface area contributed by atoms with Crippen LogP contribution in [-0.4, -0.2) is 37.2 Å². The molecule has 0 unspecified atom stereocenters. The molecule has 0 spiro atoms. The molecule has 0 fully saturated rings. The summed E-state index contributed by atoms with van der Waals surface area (Å²) in [7, 11) is 0. The lowest BCUT2D eigenvalue weighted by Crippen LogP contribution is -2.35. The summed E-state index contributed by atoms with van der Waals surface area (Å²) in [5.41, 5.74) is 0.931. The van der Waals surface area contributed by atoms with Gasteiger partial charge in [-0.15, -0.1) is 0 Å². The Bertz CT molecular complexity index is 510. The molecule has 122 valence electrons. The number of ether oxygens (including phenoxy) is 1. The van der Waals surface area contributed by atoms with E-state index >= 15 is 0 Å². The number of amides is 2. The second-order valence-electron chi connectivity index (χ2n) is 5.80. The summed E-state index contributed by atoms with van der Waals surface area (Å²) in [6, 6.07) is 7.22. The van der Waals surface area contributed by atoms with E-state index in [1.54, 1.807) is 12.1 Å². The first-order valence-electron chi connectivity index (χ1n) is 7.41. The van der Waals surface area contributed by atoms with Crippen LogP contribution in [0.1, 0.15) is 38.1 Å². The Morgan fingerprint density at radius 3 is 2.50 bits per heavy atom. The number of carbonyl (C=O) groups excluding carboxylic acids is 2. The number of carbonyl (C=O) groups is 2. The van der Waals surface area contributed by atoms with Crippen LogP contribution < -0.4 is 16.0 Å². The van der Waals surface area contributed by atoms with Crippen molar-refractivity contribution >= 4 is 17.7 Å². The lowest BCUT2D eigenvalue weighted by atomic mass is 10.2. The Hall–Kier alpha value is -2.24. The van der Waals surface area contributed by atoms with Gasteiger partial charge in [0.25, 0.3) is 5.91 Å². The van der Waals surface area contributed by atoms with Crippen LogP contribution in [0.2, 0.25) is 0 Å². The Morgan fingerprint density at radius 1 is 1.14 bits per heavy atom. The normalized spacial score (nSPS) is 10.7. The first kappa shape index (κ1) is 17.8. The van der Waals surface area contributed by atoms with Crippen LogP contribution in [0.5, 0.6) is 0 Å². The largest absolute Gasteiger partial charge is 0.444 e. The minimum Gasteiger partial charge on any atom is -0.444 e. The Balaban J connectivity index is 2.38. The molecule has 1 aromatic rings. The van der Waals surface area contributed by atoms with Crippen molar-refractivity contribution in [1.82, 2.24) is 10.6 Å². The molecular formula is C16H25N3O3. The van der Waals surface area contributed by atoms with Crippen molar-refractivity contribution in [1.29, 1.82) is 0 Å². The standard InChI is InChI=1S/C16H25N3O3/c1-5-17-14(20)12-7-6-8-13(11-12)18-9-10-19-15(21)22-16(2,3)4/h6-8,11,18H,5,9-10H2,1-4H3,(H,17,20)(H,19,21). The number of rotatable bonds is 6. The van der Waals surface area contributed by atoms with Crippen molar-refractivity contribution in [2.75, 3.05) is 25.0 Å². The number of alkyl carbamates (subject to hydrolysis) is 1. The van der Waals surface area contributed by atoms with E-state index in [0.29, 0.717) is 25.2 Å². The molecule has 0 atom stereocenters. The number of nitrogens with one attached hydrogen (secondary N) is 3. The van der Waals surface area contributed by atoms with Crippen LogP contribution in [0.15, 0.2) is 24.3 Å². The van der Waals surface area contributed by atoms with Crippen molar-refractivity contribution in [3.05, 3.63) is 29.8 Å². The number of benzene rings is 1. The van der Waals surface area contributed by atoms with Gasteiger partial charge in [-0.25, -0.2) is 4.79 Å². The zero-order valence-electron chi connectivity index (χ0n) is 13.7. The van der Waals surface area contributed by atoms with E-state index in [1.807, 2.05) is 39.8 Å². The summed E-state index contributed by atoms with van der Waals surface area (Å²) < 4.78 is 5.14. The predicted octanol–water partition coefficient (Wildman–Crippen LogP) is 2.37. The van der Waals surface area contributed by atoms with E-state index in [0.717, 1.165) is 5.69 Å². The van der Waals surface area contributed by atoms with Crippen LogP contribution in [-0.2, 0) is 4.74 Å². The summed E-state index contributed by atoms with van der Waals surface area (Å²) in [5, 5.41) is 8.57. The fourth-order valence-corrected chi connectivity index (χ4v) is 1.72. The van der Waals surface area contributed by atoms with Crippen molar-refractivity contribution < 1.29 is 14.3 Å². The molecule has 0 heterocycles. The maximum atomic E-state index is 11.7. The Labute approximate surface area is 131 Å². The van der Waals surface area contributed by atoms with Gasteiger partial charge >= 0.3 is 6.09 Å². The second-order valence-corrected chi connectivity index (χ2v) is 5.80. The first-order chi connectivity index (χ1) is 10.3. The van der Waals surface area contributed by atoms with Gasteiger partial charge in [-0.1, -0.05) is 6.07 Å². The van der Waals surface area contributed by atoms with Crippen molar-refractivity contribution in [3.8, 4) is 0 Å².